The molecule has 0 aromatic heterocycles. The van der Waals surface area contributed by atoms with Gasteiger partial charge in [-0.05, 0) is 81.1 Å². The van der Waals surface area contributed by atoms with Crippen molar-refractivity contribution in [1.29, 1.82) is 0 Å². The predicted octanol–water partition coefficient (Wildman–Crippen LogP) is 5.54. The molecule has 0 nitrogen and oxygen atoms in total. The minimum Gasteiger partial charge on any atom is -0.0654 e. The Kier molecular flexibility index (Phi) is 6.21. The molecular formula is C21H29P. The molecule has 0 unspecified atom stereocenters. The van der Waals surface area contributed by atoms with Crippen molar-refractivity contribution >= 4 is 18.5 Å². The largest absolute Gasteiger partial charge is 0.0654 e. The Bertz CT molecular complexity index is 576. The maximum absolute atomic E-state index is 2.36. The maximum atomic E-state index is 2.36. The van der Waals surface area contributed by atoms with Gasteiger partial charge in [0.15, 0.2) is 0 Å². The summed E-state index contributed by atoms with van der Waals surface area (Å²) in [5, 5.41) is 3.17. The number of rotatable bonds is 6. The van der Waals surface area contributed by atoms with Gasteiger partial charge >= 0.3 is 0 Å². The van der Waals surface area contributed by atoms with Crippen LogP contribution in [0.25, 0.3) is 0 Å². The van der Waals surface area contributed by atoms with E-state index in [-0.39, 0.29) is 7.92 Å². The third-order valence-corrected chi connectivity index (χ3v) is 7.61. The fourth-order valence-electron chi connectivity index (χ4n) is 2.95. The minimum atomic E-state index is -0.237. The van der Waals surface area contributed by atoms with Gasteiger partial charge in [-0.3, -0.25) is 0 Å². The molecular weight excluding hydrogens is 283 g/mol. The van der Waals surface area contributed by atoms with E-state index in [1.807, 2.05) is 0 Å². The molecule has 0 saturated carbocycles. The fraction of sp³-hybridized carbons (Fsp3) is 0.429. The van der Waals surface area contributed by atoms with Crippen LogP contribution < -0.4 is 10.6 Å². The molecule has 1 heteroatoms. The first-order valence-corrected chi connectivity index (χ1v) is 9.99. The lowest BCUT2D eigenvalue weighted by Gasteiger charge is -2.24. The standard InChI is InChI=1S/C21H29P/c1-6-7-8-15-22(20-13-9-11-16(2)18(20)4)21-14-10-12-17(3)19(21)5/h9-14H,6-8,15H2,1-5H3. The summed E-state index contributed by atoms with van der Waals surface area (Å²) >= 11 is 0. The van der Waals surface area contributed by atoms with E-state index in [1.54, 1.807) is 10.6 Å². The molecule has 0 radical (unpaired) electrons. The second-order valence-electron chi connectivity index (χ2n) is 6.30. The van der Waals surface area contributed by atoms with Crippen LogP contribution in [0.2, 0.25) is 0 Å². The SMILES string of the molecule is CCCCCP(c1cccc(C)c1C)c1cccc(C)c1C. The summed E-state index contributed by atoms with van der Waals surface area (Å²) in [7, 11) is -0.237. The van der Waals surface area contributed by atoms with Crippen LogP contribution in [0, 0.1) is 27.7 Å². The number of hydrogen-bond donors (Lipinski definition) is 0. The Labute approximate surface area is 137 Å². The van der Waals surface area contributed by atoms with Gasteiger partial charge in [-0.1, -0.05) is 56.2 Å². The maximum Gasteiger partial charge on any atom is -0.0163 e. The quantitative estimate of drug-likeness (QED) is 0.485. The van der Waals surface area contributed by atoms with E-state index >= 15 is 0 Å². The number of hydrogen-bond acceptors (Lipinski definition) is 0. The Balaban J connectivity index is 2.46. The molecule has 2 rings (SSSR count). The summed E-state index contributed by atoms with van der Waals surface area (Å²) in [6, 6.07) is 13.7. The Morgan fingerprint density at radius 2 is 1.23 bits per heavy atom. The molecule has 0 amide bonds. The third kappa shape index (κ3) is 3.79. The van der Waals surface area contributed by atoms with Crippen molar-refractivity contribution < 1.29 is 0 Å². The van der Waals surface area contributed by atoms with Gasteiger partial charge in [0.25, 0.3) is 0 Å². The van der Waals surface area contributed by atoms with E-state index in [0.29, 0.717) is 0 Å². The lowest BCUT2D eigenvalue weighted by molar-refractivity contribution is 0.777. The predicted molar refractivity (Wildman–Crippen MR) is 102 cm³/mol. The van der Waals surface area contributed by atoms with Gasteiger partial charge < -0.3 is 0 Å². The summed E-state index contributed by atoms with van der Waals surface area (Å²) in [4.78, 5) is 0. The number of benzene rings is 2. The topological polar surface area (TPSA) is 0 Å². The molecule has 2 aromatic rings. The van der Waals surface area contributed by atoms with Crippen molar-refractivity contribution in [2.24, 2.45) is 0 Å². The molecule has 0 heterocycles. The van der Waals surface area contributed by atoms with E-state index in [2.05, 4.69) is 71.0 Å². The average Bonchev–Trinajstić information content (AvgIpc) is 2.50. The van der Waals surface area contributed by atoms with E-state index < -0.39 is 0 Å². The minimum absolute atomic E-state index is 0.237. The van der Waals surface area contributed by atoms with Crippen molar-refractivity contribution in [2.75, 3.05) is 6.16 Å². The highest BCUT2D eigenvalue weighted by atomic mass is 31.1. The van der Waals surface area contributed by atoms with Gasteiger partial charge in [0.05, 0.1) is 0 Å². The van der Waals surface area contributed by atoms with Crippen LogP contribution in [-0.4, -0.2) is 6.16 Å². The molecule has 0 saturated heterocycles. The lowest BCUT2D eigenvalue weighted by Crippen LogP contribution is -2.20. The summed E-state index contributed by atoms with van der Waals surface area (Å²) < 4.78 is 0. The van der Waals surface area contributed by atoms with Crippen LogP contribution in [-0.2, 0) is 0 Å². The Morgan fingerprint density at radius 1 is 0.727 bits per heavy atom. The van der Waals surface area contributed by atoms with Crippen molar-refractivity contribution in [1.82, 2.24) is 0 Å². The summed E-state index contributed by atoms with van der Waals surface area (Å²) in [5.41, 5.74) is 5.83. The highest BCUT2D eigenvalue weighted by molar-refractivity contribution is 7.73. The van der Waals surface area contributed by atoms with Crippen LogP contribution in [0.1, 0.15) is 48.4 Å². The van der Waals surface area contributed by atoms with Gasteiger partial charge in [-0.25, -0.2) is 0 Å². The lowest BCUT2D eigenvalue weighted by atomic mass is 10.1. The Hall–Kier alpha value is -1.13. The summed E-state index contributed by atoms with van der Waals surface area (Å²) in [6.45, 7) is 11.4. The average molecular weight is 312 g/mol. The molecule has 0 aliphatic carbocycles. The molecule has 0 aliphatic rings. The molecule has 0 spiro atoms. The zero-order chi connectivity index (χ0) is 16.1. The van der Waals surface area contributed by atoms with Crippen LogP contribution in [0.5, 0.6) is 0 Å². The first kappa shape index (κ1) is 17.2. The van der Waals surface area contributed by atoms with E-state index in [0.717, 1.165) is 0 Å². The van der Waals surface area contributed by atoms with E-state index in [4.69, 9.17) is 0 Å². The molecule has 0 aliphatic heterocycles. The van der Waals surface area contributed by atoms with Gasteiger partial charge in [-0.15, -0.1) is 0 Å². The summed E-state index contributed by atoms with van der Waals surface area (Å²) in [5.74, 6) is 0. The molecule has 0 atom stereocenters. The van der Waals surface area contributed by atoms with Crippen molar-refractivity contribution in [2.45, 2.75) is 53.9 Å². The van der Waals surface area contributed by atoms with Crippen LogP contribution in [0.15, 0.2) is 36.4 Å². The first-order chi connectivity index (χ1) is 10.6. The van der Waals surface area contributed by atoms with Gasteiger partial charge in [0.1, 0.15) is 0 Å². The van der Waals surface area contributed by atoms with Crippen LogP contribution >= 0.6 is 7.92 Å². The summed E-state index contributed by atoms with van der Waals surface area (Å²) in [6.07, 6.45) is 5.29. The normalized spacial score (nSPS) is 11.2. The highest BCUT2D eigenvalue weighted by Gasteiger charge is 2.18. The zero-order valence-electron chi connectivity index (χ0n) is 14.7. The molecule has 22 heavy (non-hydrogen) atoms. The van der Waals surface area contributed by atoms with Gasteiger partial charge in [0.2, 0.25) is 0 Å². The molecule has 0 N–H and O–H groups in total. The van der Waals surface area contributed by atoms with Crippen LogP contribution in [0.3, 0.4) is 0 Å². The zero-order valence-corrected chi connectivity index (χ0v) is 15.6. The van der Waals surface area contributed by atoms with Crippen molar-refractivity contribution in [3.63, 3.8) is 0 Å². The molecule has 0 fully saturated rings. The number of aryl methyl sites for hydroxylation is 2. The van der Waals surface area contributed by atoms with E-state index in [1.165, 1.54) is 47.7 Å². The smallest absolute Gasteiger partial charge is 0.0163 e. The fourth-order valence-corrected chi connectivity index (χ4v) is 5.92. The van der Waals surface area contributed by atoms with Crippen molar-refractivity contribution in [3.8, 4) is 0 Å². The van der Waals surface area contributed by atoms with Crippen LogP contribution in [0.4, 0.5) is 0 Å². The van der Waals surface area contributed by atoms with Crippen molar-refractivity contribution in [3.05, 3.63) is 58.7 Å². The second kappa shape index (κ2) is 7.93. The highest BCUT2D eigenvalue weighted by Crippen LogP contribution is 2.38. The molecule has 0 bridgehead atoms. The number of unbranched alkanes of at least 4 members (excludes halogenated alkanes) is 2. The Morgan fingerprint density at radius 3 is 1.68 bits per heavy atom. The van der Waals surface area contributed by atoms with E-state index in [9.17, 15) is 0 Å². The molecule has 2 aromatic carbocycles. The molecule has 118 valence electrons. The third-order valence-electron chi connectivity index (χ3n) is 4.72. The second-order valence-corrected chi connectivity index (χ2v) is 8.56. The van der Waals surface area contributed by atoms with Gasteiger partial charge in [0, 0.05) is 0 Å². The monoisotopic (exact) mass is 312 g/mol. The first-order valence-electron chi connectivity index (χ1n) is 8.46. The van der Waals surface area contributed by atoms with Gasteiger partial charge in [-0.2, -0.15) is 0 Å².